The number of methoxy groups -OCH3 is 1. The summed E-state index contributed by atoms with van der Waals surface area (Å²) in [6.07, 6.45) is 0. The lowest BCUT2D eigenvalue weighted by Gasteiger charge is -2.18. The number of ether oxygens (including phenoxy) is 1. The van der Waals surface area contributed by atoms with Gasteiger partial charge in [-0.2, -0.15) is 4.98 Å². The fraction of sp³-hybridized carbons (Fsp3) is 0.385. The van der Waals surface area contributed by atoms with E-state index in [1.807, 2.05) is 25.1 Å². The third-order valence-corrected chi connectivity index (χ3v) is 3.13. The lowest BCUT2D eigenvalue weighted by atomic mass is 10.1. The van der Waals surface area contributed by atoms with Crippen molar-refractivity contribution < 1.29 is 9.26 Å². The molecule has 0 aliphatic rings. The minimum absolute atomic E-state index is 0.323. The summed E-state index contributed by atoms with van der Waals surface area (Å²) in [6, 6.07) is 5.92. The average molecular weight is 326 g/mol. The molecule has 5 nitrogen and oxygen atoms in total. The van der Waals surface area contributed by atoms with Crippen LogP contribution in [0.1, 0.15) is 18.3 Å². The van der Waals surface area contributed by atoms with E-state index >= 15 is 0 Å². The highest BCUT2D eigenvalue weighted by molar-refractivity contribution is 9.10. The van der Waals surface area contributed by atoms with E-state index in [4.69, 9.17) is 15.0 Å². The average Bonchev–Trinajstić information content (AvgIpc) is 2.77. The first-order valence-electron chi connectivity index (χ1n) is 5.82. The quantitative estimate of drug-likeness (QED) is 0.935. The second kappa shape index (κ2) is 5.40. The van der Waals surface area contributed by atoms with Gasteiger partial charge in [-0.15, -0.1) is 0 Å². The minimum Gasteiger partial charge on any atom is -0.382 e. The van der Waals surface area contributed by atoms with Gasteiger partial charge in [0.25, 0.3) is 5.89 Å². The van der Waals surface area contributed by atoms with Gasteiger partial charge >= 0.3 is 0 Å². The summed E-state index contributed by atoms with van der Waals surface area (Å²) in [7, 11) is 1.59. The van der Waals surface area contributed by atoms with Gasteiger partial charge in [0.15, 0.2) is 5.82 Å². The van der Waals surface area contributed by atoms with Gasteiger partial charge in [-0.05, 0) is 37.6 Å². The topological polar surface area (TPSA) is 74.2 Å². The molecule has 2 aromatic rings. The molecular weight excluding hydrogens is 310 g/mol. The van der Waals surface area contributed by atoms with Crippen LogP contribution in [0, 0.1) is 6.92 Å². The minimum atomic E-state index is -0.766. The van der Waals surface area contributed by atoms with Crippen LogP contribution >= 0.6 is 15.9 Å². The number of nitrogens with two attached hydrogens (primary N) is 1. The Kier molecular flexibility index (Phi) is 4.03. The highest BCUT2D eigenvalue weighted by Gasteiger charge is 2.27. The SMILES string of the molecule is COCC(C)(N)c1noc(-c2cc(C)cc(Br)c2)n1. The van der Waals surface area contributed by atoms with Crippen LogP contribution in [0.15, 0.2) is 27.2 Å². The molecule has 19 heavy (non-hydrogen) atoms. The molecule has 1 aromatic heterocycles. The Morgan fingerprint density at radius 1 is 1.42 bits per heavy atom. The van der Waals surface area contributed by atoms with Crippen molar-refractivity contribution in [2.24, 2.45) is 5.73 Å². The zero-order chi connectivity index (χ0) is 14.0. The van der Waals surface area contributed by atoms with Crippen molar-refractivity contribution in [3.8, 4) is 11.5 Å². The number of halogens is 1. The lowest BCUT2D eigenvalue weighted by Crippen LogP contribution is -2.38. The molecule has 0 bridgehead atoms. The van der Waals surface area contributed by atoms with E-state index < -0.39 is 5.54 Å². The van der Waals surface area contributed by atoms with Gasteiger partial charge in [0.05, 0.1) is 6.61 Å². The Labute approximate surface area is 120 Å². The summed E-state index contributed by atoms with van der Waals surface area (Å²) in [4.78, 5) is 4.35. The van der Waals surface area contributed by atoms with E-state index in [-0.39, 0.29) is 0 Å². The first-order valence-corrected chi connectivity index (χ1v) is 6.61. The molecule has 1 aromatic carbocycles. The van der Waals surface area contributed by atoms with Gasteiger partial charge in [-0.1, -0.05) is 21.1 Å². The number of hydrogen-bond donors (Lipinski definition) is 1. The van der Waals surface area contributed by atoms with Crippen LogP contribution in [-0.4, -0.2) is 23.9 Å². The van der Waals surface area contributed by atoms with Gasteiger partial charge in [0.1, 0.15) is 5.54 Å². The summed E-state index contributed by atoms with van der Waals surface area (Å²) in [5.41, 5.74) is 7.28. The smallest absolute Gasteiger partial charge is 0.258 e. The number of nitrogens with zero attached hydrogens (tertiary/aromatic N) is 2. The van der Waals surface area contributed by atoms with Crippen LogP contribution in [0.2, 0.25) is 0 Å². The first kappa shape index (κ1) is 14.2. The Balaban J connectivity index is 2.35. The van der Waals surface area contributed by atoms with Crippen LogP contribution < -0.4 is 5.73 Å². The molecule has 0 saturated carbocycles. The molecule has 0 aliphatic heterocycles. The van der Waals surface area contributed by atoms with E-state index in [0.29, 0.717) is 18.3 Å². The van der Waals surface area contributed by atoms with Gasteiger partial charge < -0.3 is 15.0 Å². The van der Waals surface area contributed by atoms with Crippen LogP contribution in [0.3, 0.4) is 0 Å². The van der Waals surface area contributed by atoms with Gasteiger partial charge in [-0.3, -0.25) is 0 Å². The summed E-state index contributed by atoms with van der Waals surface area (Å²) >= 11 is 3.45. The second-order valence-electron chi connectivity index (χ2n) is 4.79. The highest BCUT2D eigenvalue weighted by atomic mass is 79.9. The number of aryl methyl sites for hydroxylation is 1. The van der Waals surface area contributed by atoms with Crippen LogP contribution in [0.25, 0.3) is 11.5 Å². The Morgan fingerprint density at radius 3 is 2.79 bits per heavy atom. The van der Waals surface area contributed by atoms with Crippen molar-refractivity contribution in [1.29, 1.82) is 0 Å². The summed E-state index contributed by atoms with van der Waals surface area (Å²) in [5.74, 6) is 0.883. The number of benzene rings is 1. The molecule has 2 rings (SSSR count). The molecule has 1 unspecified atom stereocenters. The van der Waals surface area contributed by atoms with Gasteiger partial charge in [0, 0.05) is 17.1 Å². The Morgan fingerprint density at radius 2 is 2.16 bits per heavy atom. The maximum Gasteiger partial charge on any atom is 0.258 e. The predicted molar refractivity (Wildman–Crippen MR) is 75.6 cm³/mol. The van der Waals surface area contributed by atoms with Crippen molar-refractivity contribution in [3.05, 3.63) is 34.1 Å². The fourth-order valence-corrected chi connectivity index (χ4v) is 2.40. The molecule has 1 heterocycles. The fourth-order valence-electron chi connectivity index (χ4n) is 1.80. The predicted octanol–water partition coefficient (Wildman–Crippen LogP) is 2.63. The lowest BCUT2D eigenvalue weighted by molar-refractivity contribution is 0.135. The summed E-state index contributed by atoms with van der Waals surface area (Å²) in [6.45, 7) is 4.13. The zero-order valence-electron chi connectivity index (χ0n) is 11.1. The van der Waals surface area contributed by atoms with E-state index in [1.54, 1.807) is 14.0 Å². The molecule has 0 spiro atoms. The zero-order valence-corrected chi connectivity index (χ0v) is 12.7. The Bertz CT molecular complexity index is 561. The van der Waals surface area contributed by atoms with E-state index in [2.05, 4.69) is 26.1 Å². The van der Waals surface area contributed by atoms with Gasteiger partial charge in [0.2, 0.25) is 0 Å². The normalized spacial score (nSPS) is 14.4. The molecular formula is C13H16BrN3O2. The van der Waals surface area contributed by atoms with E-state index in [0.717, 1.165) is 15.6 Å². The second-order valence-corrected chi connectivity index (χ2v) is 5.71. The van der Waals surface area contributed by atoms with Crippen molar-refractivity contribution in [2.45, 2.75) is 19.4 Å². The van der Waals surface area contributed by atoms with Crippen molar-refractivity contribution in [2.75, 3.05) is 13.7 Å². The highest BCUT2D eigenvalue weighted by Crippen LogP contribution is 2.25. The molecule has 0 aliphatic carbocycles. The number of hydrogen-bond acceptors (Lipinski definition) is 5. The molecule has 102 valence electrons. The van der Waals surface area contributed by atoms with E-state index in [1.165, 1.54) is 0 Å². The molecule has 2 N–H and O–H groups in total. The van der Waals surface area contributed by atoms with Crippen LogP contribution in [0.5, 0.6) is 0 Å². The summed E-state index contributed by atoms with van der Waals surface area (Å²) < 4.78 is 11.3. The third-order valence-electron chi connectivity index (χ3n) is 2.67. The maximum atomic E-state index is 6.08. The van der Waals surface area contributed by atoms with E-state index in [9.17, 15) is 0 Å². The van der Waals surface area contributed by atoms with Crippen molar-refractivity contribution in [1.82, 2.24) is 10.1 Å². The summed E-state index contributed by atoms with van der Waals surface area (Å²) in [5, 5.41) is 3.94. The molecule has 6 heteroatoms. The maximum absolute atomic E-state index is 6.08. The van der Waals surface area contributed by atoms with Crippen molar-refractivity contribution >= 4 is 15.9 Å². The molecule has 1 atom stereocenters. The van der Waals surface area contributed by atoms with Crippen molar-refractivity contribution in [3.63, 3.8) is 0 Å². The molecule has 0 amide bonds. The molecule has 0 saturated heterocycles. The monoisotopic (exact) mass is 325 g/mol. The third kappa shape index (κ3) is 3.20. The first-order chi connectivity index (χ1) is 8.92. The molecule has 0 fully saturated rings. The number of aromatic nitrogens is 2. The van der Waals surface area contributed by atoms with Crippen LogP contribution in [-0.2, 0) is 10.3 Å². The largest absolute Gasteiger partial charge is 0.382 e. The van der Waals surface area contributed by atoms with Gasteiger partial charge in [-0.25, -0.2) is 0 Å². The standard InChI is InChI=1S/C13H16BrN3O2/c1-8-4-9(6-10(14)5-8)11-16-12(17-19-11)13(2,15)7-18-3/h4-6H,7,15H2,1-3H3. The Hall–Kier alpha value is -1.24. The number of rotatable bonds is 4. The molecule has 0 radical (unpaired) electrons. The van der Waals surface area contributed by atoms with Crippen LogP contribution in [0.4, 0.5) is 0 Å².